The zero-order valence-electron chi connectivity index (χ0n) is 16.5. The number of nitrogens with zero attached hydrogens (tertiary/aromatic N) is 4. The van der Waals surface area contributed by atoms with Gasteiger partial charge in [-0.2, -0.15) is 5.10 Å². The number of hydrogen-bond donors (Lipinski definition) is 1. The van der Waals surface area contributed by atoms with Gasteiger partial charge < -0.3 is 5.73 Å². The first-order valence-corrected chi connectivity index (χ1v) is 8.97. The fourth-order valence-corrected chi connectivity index (χ4v) is 3.54. The first kappa shape index (κ1) is 19.1. The van der Waals surface area contributed by atoms with Crippen LogP contribution in [0.4, 0.5) is 4.39 Å². The van der Waals surface area contributed by atoms with Crippen molar-refractivity contribution >= 4 is 11.9 Å². The lowest BCUT2D eigenvalue weighted by Gasteiger charge is -2.46. The summed E-state index contributed by atoms with van der Waals surface area (Å²) < 4.78 is 16.6. The summed E-state index contributed by atoms with van der Waals surface area (Å²) in [6.07, 6.45) is 3.36. The summed E-state index contributed by atoms with van der Waals surface area (Å²) >= 11 is 0. The minimum absolute atomic E-state index is 0.0973. The summed E-state index contributed by atoms with van der Waals surface area (Å²) in [5, 5.41) is 4.37. The van der Waals surface area contributed by atoms with E-state index in [9.17, 15) is 9.18 Å². The minimum Gasteiger partial charge on any atom is -0.369 e. The summed E-state index contributed by atoms with van der Waals surface area (Å²) in [6.45, 7) is 5.33. The van der Waals surface area contributed by atoms with E-state index in [0.29, 0.717) is 12.0 Å². The highest BCUT2D eigenvalue weighted by Gasteiger charge is 2.53. The average molecular weight is 371 g/mol. The second-order valence-corrected chi connectivity index (χ2v) is 7.83. The molecule has 0 unspecified atom stereocenters. The van der Waals surface area contributed by atoms with Crippen LogP contribution in [0.5, 0.6) is 0 Å². The summed E-state index contributed by atoms with van der Waals surface area (Å²) in [5.41, 5.74) is 6.25. The third-order valence-electron chi connectivity index (χ3n) is 5.73. The van der Waals surface area contributed by atoms with Crippen molar-refractivity contribution in [3.05, 3.63) is 53.1 Å². The Morgan fingerprint density at radius 2 is 1.85 bits per heavy atom. The lowest BCUT2D eigenvalue weighted by Crippen LogP contribution is -2.58. The Morgan fingerprint density at radius 1 is 1.15 bits per heavy atom. The second-order valence-electron chi connectivity index (χ2n) is 7.83. The standard InChI is InChI=1S/C20H26FN5O/c1-19(2)17(27)26(5)18(22)23-20(19,3)15-12-13(7-9-16(15)21)6-8-14-10-11-25(4)24-14/h7,9-12H,6,8H2,1-5H3,(H2,22,23)/t20-/m1/s1. The van der Waals surface area contributed by atoms with Crippen molar-refractivity contribution in [2.24, 2.45) is 23.2 Å². The molecular formula is C20H26FN5O. The van der Waals surface area contributed by atoms with E-state index in [1.165, 1.54) is 11.0 Å². The van der Waals surface area contributed by atoms with Gasteiger partial charge in [0.25, 0.3) is 0 Å². The molecule has 144 valence electrons. The topological polar surface area (TPSA) is 76.5 Å². The Hall–Kier alpha value is -2.70. The van der Waals surface area contributed by atoms with Crippen LogP contribution in [0, 0.1) is 11.2 Å². The Balaban J connectivity index is 1.99. The fourth-order valence-electron chi connectivity index (χ4n) is 3.54. The van der Waals surface area contributed by atoms with E-state index in [-0.39, 0.29) is 17.7 Å². The molecule has 0 fully saturated rings. The molecule has 2 aromatic rings. The number of hydrogen-bond acceptors (Lipinski definition) is 4. The highest BCUT2D eigenvalue weighted by Crippen LogP contribution is 2.47. The summed E-state index contributed by atoms with van der Waals surface area (Å²) in [6, 6.07) is 6.98. The quantitative estimate of drug-likeness (QED) is 0.896. The summed E-state index contributed by atoms with van der Waals surface area (Å²) in [4.78, 5) is 18.6. The normalized spacial score (nSPS) is 22.1. The molecule has 1 aliphatic heterocycles. The molecule has 0 saturated heterocycles. The van der Waals surface area contributed by atoms with E-state index in [4.69, 9.17) is 5.73 Å². The van der Waals surface area contributed by atoms with Crippen molar-refractivity contribution < 1.29 is 9.18 Å². The molecule has 1 amide bonds. The van der Waals surface area contributed by atoms with Gasteiger partial charge in [-0.05, 0) is 51.3 Å². The highest BCUT2D eigenvalue weighted by atomic mass is 19.1. The van der Waals surface area contributed by atoms with Crippen LogP contribution < -0.4 is 5.73 Å². The Kier molecular flexibility index (Phi) is 4.57. The molecule has 6 nitrogen and oxygen atoms in total. The number of halogens is 1. The predicted octanol–water partition coefficient (Wildman–Crippen LogP) is 2.37. The third-order valence-corrected chi connectivity index (χ3v) is 5.73. The Labute approximate surface area is 158 Å². The van der Waals surface area contributed by atoms with E-state index in [1.54, 1.807) is 44.6 Å². The zero-order valence-corrected chi connectivity index (χ0v) is 16.5. The first-order chi connectivity index (χ1) is 12.6. The second kappa shape index (κ2) is 6.48. The molecule has 0 saturated carbocycles. The van der Waals surface area contributed by atoms with E-state index in [1.807, 2.05) is 19.3 Å². The molecule has 1 atom stereocenters. The molecule has 0 spiro atoms. The van der Waals surface area contributed by atoms with Crippen molar-refractivity contribution in [1.82, 2.24) is 14.7 Å². The lowest BCUT2D eigenvalue weighted by molar-refractivity contribution is -0.140. The number of aryl methyl sites for hydroxylation is 3. The van der Waals surface area contributed by atoms with Crippen LogP contribution in [-0.2, 0) is 30.2 Å². The largest absolute Gasteiger partial charge is 0.369 e. The van der Waals surface area contributed by atoms with Gasteiger partial charge in [-0.3, -0.25) is 14.4 Å². The number of amides is 1. The molecule has 3 rings (SSSR count). The van der Waals surface area contributed by atoms with Gasteiger partial charge in [0.2, 0.25) is 5.91 Å². The number of rotatable bonds is 4. The van der Waals surface area contributed by atoms with Gasteiger partial charge in [0.15, 0.2) is 5.96 Å². The number of aliphatic imine (C=N–C) groups is 1. The first-order valence-electron chi connectivity index (χ1n) is 8.97. The van der Waals surface area contributed by atoms with Crippen molar-refractivity contribution in [3.8, 4) is 0 Å². The maximum absolute atomic E-state index is 14.8. The predicted molar refractivity (Wildman–Crippen MR) is 103 cm³/mol. The van der Waals surface area contributed by atoms with Crippen LogP contribution in [0.1, 0.15) is 37.6 Å². The van der Waals surface area contributed by atoms with Crippen molar-refractivity contribution in [2.45, 2.75) is 39.2 Å². The SMILES string of the molecule is CN1C(=O)C(C)(C)[C@@](C)(c2cc(CCc3ccn(C)n3)ccc2F)N=C1N. The van der Waals surface area contributed by atoms with E-state index < -0.39 is 11.0 Å². The number of aromatic nitrogens is 2. The van der Waals surface area contributed by atoms with E-state index in [0.717, 1.165) is 17.7 Å². The van der Waals surface area contributed by atoms with E-state index >= 15 is 0 Å². The fraction of sp³-hybridized carbons (Fsp3) is 0.450. The summed E-state index contributed by atoms with van der Waals surface area (Å²) in [7, 11) is 3.46. The molecule has 1 aliphatic rings. The minimum atomic E-state index is -1.09. The Morgan fingerprint density at radius 3 is 2.48 bits per heavy atom. The van der Waals surface area contributed by atoms with Crippen LogP contribution >= 0.6 is 0 Å². The highest BCUT2D eigenvalue weighted by molar-refractivity contribution is 6.01. The number of benzene rings is 1. The number of nitrogens with two attached hydrogens (primary N) is 1. The number of carbonyl (C=O) groups excluding carboxylic acids is 1. The third kappa shape index (κ3) is 3.11. The molecule has 0 radical (unpaired) electrons. The van der Waals surface area contributed by atoms with Crippen LogP contribution in [-0.4, -0.2) is 33.6 Å². The number of guanidine groups is 1. The maximum Gasteiger partial charge on any atom is 0.237 e. The van der Waals surface area contributed by atoms with Crippen LogP contribution in [0.15, 0.2) is 35.5 Å². The van der Waals surface area contributed by atoms with Gasteiger partial charge in [0.05, 0.1) is 11.1 Å². The van der Waals surface area contributed by atoms with Crippen molar-refractivity contribution in [1.29, 1.82) is 0 Å². The molecular weight excluding hydrogens is 345 g/mol. The van der Waals surface area contributed by atoms with Crippen LogP contribution in [0.2, 0.25) is 0 Å². The van der Waals surface area contributed by atoms with Gasteiger partial charge in [-0.1, -0.05) is 12.1 Å². The van der Waals surface area contributed by atoms with Crippen LogP contribution in [0.25, 0.3) is 0 Å². The smallest absolute Gasteiger partial charge is 0.237 e. The van der Waals surface area contributed by atoms with Crippen LogP contribution in [0.3, 0.4) is 0 Å². The Bertz CT molecular complexity index is 917. The number of carbonyl (C=O) groups is 1. The van der Waals surface area contributed by atoms with Gasteiger partial charge in [0, 0.05) is 25.9 Å². The average Bonchev–Trinajstić information content (AvgIpc) is 3.03. The van der Waals surface area contributed by atoms with Gasteiger partial charge in [-0.25, -0.2) is 9.38 Å². The molecule has 7 heteroatoms. The maximum atomic E-state index is 14.8. The molecule has 1 aromatic carbocycles. The van der Waals surface area contributed by atoms with Gasteiger partial charge in [0.1, 0.15) is 11.4 Å². The summed E-state index contributed by atoms with van der Waals surface area (Å²) in [5.74, 6) is -0.475. The lowest BCUT2D eigenvalue weighted by atomic mass is 9.67. The van der Waals surface area contributed by atoms with Crippen molar-refractivity contribution in [3.63, 3.8) is 0 Å². The van der Waals surface area contributed by atoms with Gasteiger partial charge >= 0.3 is 0 Å². The van der Waals surface area contributed by atoms with Gasteiger partial charge in [-0.15, -0.1) is 0 Å². The molecule has 27 heavy (non-hydrogen) atoms. The van der Waals surface area contributed by atoms with E-state index in [2.05, 4.69) is 10.1 Å². The molecule has 0 bridgehead atoms. The zero-order chi connectivity index (χ0) is 20.0. The van der Waals surface area contributed by atoms with Crippen molar-refractivity contribution in [2.75, 3.05) is 7.05 Å². The molecule has 0 aliphatic carbocycles. The molecule has 2 heterocycles. The molecule has 1 aromatic heterocycles. The molecule has 2 N–H and O–H groups in total. The monoisotopic (exact) mass is 371 g/mol.